The van der Waals surface area contributed by atoms with Crippen LogP contribution in [0.15, 0.2) is 41.1 Å². The molecule has 6 nitrogen and oxygen atoms in total. The summed E-state index contributed by atoms with van der Waals surface area (Å²) in [6.07, 6.45) is 10.6. The van der Waals surface area contributed by atoms with Crippen molar-refractivity contribution in [2.24, 2.45) is 24.8 Å². The molecule has 4 fully saturated rings. The number of hydrogen-bond acceptors (Lipinski definition) is 4. The number of amides is 1. The molecule has 4 aliphatic rings. The van der Waals surface area contributed by atoms with Gasteiger partial charge in [-0.3, -0.25) is 4.79 Å². The minimum Gasteiger partial charge on any atom is -0.467 e. The lowest BCUT2D eigenvalue weighted by Crippen LogP contribution is -2.61. The average molecular weight is 396 g/mol. The van der Waals surface area contributed by atoms with E-state index in [1.54, 1.807) is 36.2 Å². The molecule has 154 valence electrons. The van der Waals surface area contributed by atoms with E-state index in [0.29, 0.717) is 12.2 Å². The smallest absolute Gasteiger partial charge is 0.355 e. The number of aromatic nitrogens is 1. The van der Waals surface area contributed by atoms with Gasteiger partial charge in [-0.25, -0.2) is 4.79 Å². The van der Waals surface area contributed by atoms with Gasteiger partial charge in [0.2, 0.25) is 0 Å². The Hall–Kier alpha value is -2.50. The van der Waals surface area contributed by atoms with Gasteiger partial charge in [-0.05, 0) is 80.5 Å². The molecule has 1 amide bonds. The van der Waals surface area contributed by atoms with Gasteiger partial charge >= 0.3 is 5.97 Å². The zero-order chi connectivity index (χ0) is 20.0. The zero-order valence-electron chi connectivity index (χ0n) is 16.9. The fraction of sp³-hybridized carbons (Fsp3) is 0.565. The van der Waals surface area contributed by atoms with E-state index in [-0.39, 0.29) is 18.1 Å². The van der Waals surface area contributed by atoms with Crippen LogP contribution in [0.3, 0.4) is 0 Å². The Morgan fingerprint density at radius 3 is 2.38 bits per heavy atom. The summed E-state index contributed by atoms with van der Waals surface area (Å²) in [4.78, 5) is 27.7. The Bertz CT molecular complexity index is 863. The van der Waals surface area contributed by atoms with Crippen molar-refractivity contribution < 1.29 is 18.7 Å². The summed E-state index contributed by atoms with van der Waals surface area (Å²) in [5, 5.41) is 0. The second kappa shape index (κ2) is 7.08. The third kappa shape index (κ3) is 3.38. The van der Waals surface area contributed by atoms with Crippen molar-refractivity contribution in [1.29, 1.82) is 0 Å². The van der Waals surface area contributed by atoms with Crippen LogP contribution < -0.4 is 0 Å². The van der Waals surface area contributed by atoms with E-state index in [4.69, 9.17) is 9.15 Å². The van der Waals surface area contributed by atoms with Gasteiger partial charge in [0.1, 0.15) is 11.5 Å². The first-order valence-electron chi connectivity index (χ1n) is 10.6. The molecule has 2 aromatic heterocycles. The minimum atomic E-state index is -0.464. The summed E-state index contributed by atoms with van der Waals surface area (Å²) >= 11 is 0. The van der Waals surface area contributed by atoms with Crippen molar-refractivity contribution in [3.8, 4) is 0 Å². The highest BCUT2D eigenvalue weighted by Crippen LogP contribution is 2.58. The maximum absolute atomic E-state index is 13.3. The molecule has 0 atom stereocenters. The largest absolute Gasteiger partial charge is 0.467 e. The number of ether oxygens (including phenoxy) is 1. The van der Waals surface area contributed by atoms with Crippen LogP contribution in [0.2, 0.25) is 0 Å². The Morgan fingerprint density at radius 2 is 1.83 bits per heavy atom. The molecule has 0 radical (unpaired) electrons. The summed E-state index contributed by atoms with van der Waals surface area (Å²) in [6.45, 7) is 0.214. The first-order chi connectivity index (χ1) is 14.0. The van der Waals surface area contributed by atoms with E-state index in [1.807, 2.05) is 17.0 Å². The summed E-state index contributed by atoms with van der Waals surface area (Å²) < 4.78 is 12.7. The Balaban J connectivity index is 1.35. The van der Waals surface area contributed by atoms with Crippen LogP contribution in [0, 0.1) is 17.8 Å². The number of furan rings is 1. The van der Waals surface area contributed by atoms with Gasteiger partial charge in [0.15, 0.2) is 6.61 Å². The third-order valence-corrected chi connectivity index (χ3v) is 7.25. The van der Waals surface area contributed by atoms with Crippen LogP contribution >= 0.6 is 0 Å². The first kappa shape index (κ1) is 18.5. The highest BCUT2D eigenvalue weighted by atomic mass is 16.5. The molecule has 2 heterocycles. The topological polar surface area (TPSA) is 64.7 Å². The monoisotopic (exact) mass is 396 g/mol. The molecule has 6 heteroatoms. The highest BCUT2D eigenvalue weighted by Gasteiger charge is 2.54. The lowest BCUT2D eigenvalue weighted by Gasteiger charge is -2.60. The molecule has 4 bridgehead atoms. The molecule has 0 spiro atoms. The van der Waals surface area contributed by atoms with Crippen LogP contribution in [0.4, 0.5) is 0 Å². The van der Waals surface area contributed by atoms with Crippen molar-refractivity contribution in [3.63, 3.8) is 0 Å². The Labute approximate surface area is 170 Å². The van der Waals surface area contributed by atoms with E-state index in [2.05, 4.69) is 0 Å². The summed E-state index contributed by atoms with van der Waals surface area (Å²) in [6, 6.07) is 7.26. The van der Waals surface area contributed by atoms with Crippen molar-refractivity contribution in [3.05, 3.63) is 48.2 Å². The first-order valence-corrected chi connectivity index (χ1v) is 10.6. The molecule has 2 aromatic rings. The zero-order valence-corrected chi connectivity index (χ0v) is 16.9. The van der Waals surface area contributed by atoms with Crippen molar-refractivity contribution in [1.82, 2.24) is 9.47 Å². The number of esters is 1. The second-order valence-electron chi connectivity index (χ2n) is 9.28. The molecule has 4 aliphatic carbocycles. The molecule has 0 N–H and O–H groups in total. The Morgan fingerprint density at radius 1 is 1.14 bits per heavy atom. The minimum absolute atomic E-state index is 0.115. The average Bonchev–Trinajstić information content (AvgIpc) is 3.34. The predicted molar refractivity (Wildman–Crippen MR) is 106 cm³/mol. The van der Waals surface area contributed by atoms with Gasteiger partial charge < -0.3 is 18.6 Å². The summed E-state index contributed by atoms with van der Waals surface area (Å²) in [5.41, 5.74) is 0.334. The maximum Gasteiger partial charge on any atom is 0.355 e. The highest BCUT2D eigenvalue weighted by molar-refractivity contribution is 5.90. The van der Waals surface area contributed by atoms with Crippen LogP contribution in [-0.2, 0) is 23.1 Å². The maximum atomic E-state index is 13.3. The lowest BCUT2D eigenvalue weighted by molar-refractivity contribution is -0.156. The third-order valence-electron chi connectivity index (χ3n) is 7.25. The number of hydrogen-bond donors (Lipinski definition) is 0. The van der Waals surface area contributed by atoms with Gasteiger partial charge in [-0.2, -0.15) is 0 Å². The molecular weight excluding hydrogens is 368 g/mol. The van der Waals surface area contributed by atoms with Gasteiger partial charge in [0, 0.05) is 18.8 Å². The molecule has 29 heavy (non-hydrogen) atoms. The fourth-order valence-corrected chi connectivity index (χ4v) is 6.43. The molecule has 0 aliphatic heterocycles. The molecule has 4 saturated carbocycles. The number of nitrogens with zero attached hydrogens (tertiary/aromatic N) is 2. The van der Waals surface area contributed by atoms with Crippen LogP contribution in [0.1, 0.15) is 54.8 Å². The Kier molecular flexibility index (Phi) is 4.52. The molecule has 6 rings (SSSR count). The van der Waals surface area contributed by atoms with E-state index in [9.17, 15) is 9.59 Å². The van der Waals surface area contributed by atoms with Crippen LogP contribution in [0.5, 0.6) is 0 Å². The summed E-state index contributed by atoms with van der Waals surface area (Å²) in [5.74, 6) is 2.36. The van der Waals surface area contributed by atoms with Crippen molar-refractivity contribution >= 4 is 11.9 Å². The van der Waals surface area contributed by atoms with Gasteiger partial charge in [0.25, 0.3) is 5.91 Å². The van der Waals surface area contributed by atoms with E-state index in [0.717, 1.165) is 42.8 Å². The van der Waals surface area contributed by atoms with E-state index < -0.39 is 5.97 Å². The number of rotatable bonds is 6. The van der Waals surface area contributed by atoms with Gasteiger partial charge in [-0.1, -0.05) is 0 Å². The number of carbonyl (C=O) groups is 2. The van der Waals surface area contributed by atoms with E-state index in [1.165, 1.54) is 19.3 Å². The van der Waals surface area contributed by atoms with Crippen LogP contribution in [-0.4, -0.2) is 33.5 Å². The van der Waals surface area contributed by atoms with Gasteiger partial charge in [-0.15, -0.1) is 0 Å². The normalized spacial score (nSPS) is 29.8. The SMILES string of the molecule is Cn1cccc1C(=O)OCC(=O)N(Cc1ccco1)C12CC3CC(CC(C3)C1)C2. The second-order valence-corrected chi connectivity index (χ2v) is 9.28. The summed E-state index contributed by atoms with van der Waals surface area (Å²) in [7, 11) is 1.79. The fourth-order valence-electron chi connectivity index (χ4n) is 6.43. The van der Waals surface area contributed by atoms with Gasteiger partial charge in [0.05, 0.1) is 12.8 Å². The number of carbonyl (C=O) groups excluding carboxylic acids is 2. The predicted octanol–water partition coefficient (Wildman–Crippen LogP) is 3.77. The number of aryl methyl sites for hydroxylation is 1. The molecule has 0 aromatic carbocycles. The molecule has 0 unspecified atom stereocenters. The lowest BCUT2D eigenvalue weighted by atomic mass is 9.52. The van der Waals surface area contributed by atoms with Crippen molar-refractivity contribution in [2.75, 3.05) is 6.61 Å². The van der Waals surface area contributed by atoms with E-state index >= 15 is 0 Å². The van der Waals surface area contributed by atoms with Crippen LogP contribution in [0.25, 0.3) is 0 Å². The van der Waals surface area contributed by atoms with Crippen molar-refractivity contribution in [2.45, 2.75) is 50.6 Å². The standard InChI is InChI=1S/C23H28N2O4/c1-24-6-2-5-20(24)22(27)29-15-21(26)25(14-19-4-3-7-28-19)23-11-16-8-17(12-23)10-18(9-16)13-23/h2-7,16-18H,8-15H2,1H3. The molecular formula is C23H28N2O4. The molecule has 0 saturated heterocycles. The quantitative estimate of drug-likeness (QED) is 0.697.